The minimum atomic E-state index is -0.718. The van der Waals surface area contributed by atoms with E-state index in [1.807, 2.05) is 30.5 Å². The Balaban J connectivity index is 1.76. The van der Waals surface area contributed by atoms with Gasteiger partial charge in [-0.15, -0.1) is 0 Å². The number of rotatable bonds is 6. The normalized spacial score (nSPS) is 13.6. The van der Waals surface area contributed by atoms with Gasteiger partial charge < -0.3 is 5.32 Å². The largest absolute Gasteiger partial charge is 0.311 e. The fourth-order valence-corrected chi connectivity index (χ4v) is 5.10. The summed E-state index contributed by atoms with van der Waals surface area (Å²) in [6.07, 6.45) is 4.13. The van der Waals surface area contributed by atoms with E-state index in [-0.39, 0.29) is 5.91 Å². The molecule has 1 fully saturated rings. The molecule has 0 unspecified atom stereocenters. The Morgan fingerprint density at radius 1 is 0.857 bits per heavy atom. The fraction of sp³-hybridized carbons (Fsp3) is 0.167. The number of fused-ring (bicyclic) bond motifs is 1. The second kappa shape index (κ2) is 8.51. The van der Waals surface area contributed by atoms with Crippen molar-refractivity contribution in [2.24, 2.45) is 0 Å². The SMILES string of the molecule is CC(=O)Nc1cc2c(cn1)c(C1CC1)nn2C(c1ccccc1)(c1ccccc1)c1ccccc1. The number of hydrogen-bond acceptors (Lipinski definition) is 3. The molecule has 0 aliphatic heterocycles. The van der Waals surface area contributed by atoms with Crippen molar-refractivity contribution < 1.29 is 4.79 Å². The number of benzene rings is 3. The number of aromatic nitrogens is 3. The molecule has 5 nitrogen and oxygen atoms in total. The maximum atomic E-state index is 11.8. The molecule has 172 valence electrons. The molecule has 1 N–H and O–H groups in total. The van der Waals surface area contributed by atoms with Gasteiger partial charge in [0, 0.05) is 30.5 Å². The van der Waals surface area contributed by atoms with Crippen LogP contribution in [0.1, 0.15) is 48.1 Å². The molecule has 1 amide bonds. The number of anilines is 1. The van der Waals surface area contributed by atoms with Gasteiger partial charge in [-0.1, -0.05) is 91.0 Å². The molecule has 0 saturated heterocycles. The first kappa shape index (κ1) is 21.3. The van der Waals surface area contributed by atoms with Gasteiger partial charge in [0.2, 0.25) is 5.91 Å². The third-order valence-corrected chi connectivity index (χ3v) is 6.75. The zero-order chi connectivity index (χ0) is 23.8. The van der Waals surface area contributed by atoms with Gasteiger partial charge in [-0.2, -0.15) is 5.10 Å². The molecular formula is C30H26N4O. The molecule has 5 heteroatoms. The summed E-state index contributed by atoms with van der Waals surface area (Å²) >= 11 is 0. The number of carbonyl (C=O) groups is 1. The Kier molecular flexibility index (Phi) is 5.18. The lowest BCUT2D eigenvalue weighted by Gasteiger charge is -2.37. The minimum absolute atomic E-state index is 0.147. The van der Waals surface area contributed by atoms with Gasteiger partial charge in [-0.25, -0.2) is 9.67 Å². The van der Waals surface area contributed by atoms with Gasteiger partial charge in [0.15, 0.2) is 0 Å². The van der Waals surface area contributed by atoms with Gasteiger partial charge in [-0.05, 0) is 29.5 Å². The van der Waals surface area contributed by atoms with E-state index < -0.39 is 5.54 Å². The van der Waals surface area contributed by atoms with Crippen LogP contribution in [0.4, 0.5) is 5.82 Å². The third-order valence-electron chi connectivity index (χ3n) is 6.75. The van der Waals surface area contributed by atoms with Crippen molar-refractivity contribution in [1.82, 2.24) is 14.8 Å². The number of nitrogens with one attached hydrogen (secondary N) is 1. The van der Waals surface area contributed by atoms with Crippen molar-refractivity contribution in [3.63, 3.8) is 0 Å². The summed E-state index contributed by atoms with van der Waals surface area (Å²) in [5.41, 5.74) is 4.65. The Morgan fingerprint density at radius 2 is 1.37 bits per heavy atom. The molecule has 35 heavy (non-hydrogen) atoms. The van der Waals surface area contributed by atoms with E-state index in [0.717, 1.165) is 46.1 Å². The molecule has 2 heterocycles. The topological polar surface area (TPSA) is 59.8 Å². The molecule has 2 aromatic heterocycles. The van der Waals surface area contributed by atoms with E-state index in [9.17, 15) is 4.79 Å². The average Bonchev–Trinajstić information content (AvgIpc) is 3.68. The summed E-state index contributed by atoms with van der Waals surface area (Å²) in [5, 5.41) is 9.23. The highest BCUT2D eigenvalue weighted by Gasteiger charge is 2.42. The predicted octanol–water partition coefficient (Wildman–Crippen LogP) is 6.11. The predicted molar refractivity (Wildman–Crippen MR) is 138 cm³/mol. The monoisotopic (exact) mass is 458 g/mol. The summed E-state index contributed by atoms with van der Waals surface area (Å²) in [7, 11) is 0. The van der Waals surface area contributed by atoms with Gasteiger partial charge in [0.05, 0.1) is 11.2 Å². The van der Waals surface area contributed by atoms with Crippen LogP contribution in [0.25, 0.3) is 10.9 Å². The third kappa shape index (κ3) is 3.60. The van der Waals surface area contributed by atoms with Crippen LogP contribution in [0.5, 0.6) is 0 Å². The van der Waals surface area contributed by atoms with E-state index in [1.165, 1.54) is 6.92 Å². The Labute approximate surface area is 204 Å². The Morgan fingerprint density at radius 3 is 1.83 bits per heavy atom. The van der Waals surface area contributed by atoms with Gasteiger partial charge in [0.25, 0.3) is 0 Å². The van der Waals surface area contributed by atoms with Crippen LogP contribution in [-0.2, 0) is 10.3 Å². The molecule has 0 spiro atoms. The highest BCUT2D eigenvalue weighted by molar-refractivity contribution is 5.91. The van der Waals surface area contributed by atoms with Crippen molar-refractivity contribution in [3.8, 4) is 0 Å². The smallest absolute Gasteiger partial charge is 0.222 e. The standard InChI is InChI=1S/C30H26N4O/c1-21(35)32-28-19-27-26(20-31-28)29(22-17-18-22)33-34(27)30(23-11-5-2-6-12-23,24-13-7-3-8-14-24)25-15-9-4-10-16-25/h2-16,19-20,22H,17-18H2,1H3,(H,31,32,35). The van der Waals surface area contributed by atoms with Crippen molar-refractivity contribution in [3.05, 3.63) is 126 Å². The summed E-state index contributed by atoms with van der Waals surface area (Å²) in [4.78, 5) is 16.4. The molecule has 1 saturated carbocycles. The number of hydrogen-bond donors (Lipinski definition) is 1. The Hall–Kier alpha value is -4.25. The van der Waals surface area contributed by atoms with E-state index in [1.54, 1.807) is 0 Å². The van der Waals surface area contributed by atoms with Crippen LogP contribution >= 0.6 is 0 Å². The quantitative estimate of drug-likeness (QED) is 0.313. The average molecular weight is 459 g/mol. The molecule has 3 aromatic carbocycles. The van der Waals surface area contributed by atoms with Crippen molar-refractivity contribution in [2.75, 3.05) is 5.32 Å². The first-order valence-electron chi connectivity index (χ1n) is 12.0. The number of amides is 1. The summed E-state index contributed by atoms with van der Waals surface area (Å²) in [5.74, 6) is 0.814. The van der Waals surface area contributed by atoms with Crippen LogP contribution in [0, 0.1) is 0 Å². The molecule has 0 radical (unpaired) electrons. The van der Waals surface area contributed by atoms with Crippen molar-refractivity contribution >= 4 is 22.6 Å². The number of pyridine rings is 1. The molecular weight excluding hydrogens is 432 g/mol. The van der Waals surface area contributed by atoms with Crippen LogP contribution in [0.3, 0.4) is 0 Å². The van der Waals surface area contributed by atoms with Crippen molar-refractivity contribution in [2.45, 2.75) is 31.2 Å². The second-order valence-corrected chi connectivity index (χ2v) is 9.15. The lowest BCUT2D eigenvalue weighted by atomic mass is 9.77. The summed E-state index contributed by atoms with van der Waals surface area (Å²) < 4.78 is 2.16. The van der Waals surface area contributed by atoms with Crippen LogP contribution in [0.15, 0.2) is 103 Å². The highest BCUT2D eigenvalue weighted by Crippen LogP contribution is 2.47. The maximum Gasteiger partial charge on any atom is 0.222 e. The summed E-state index contributed by atoms with van der Waals surface area (Å²) in [6, 6.07) is 33.5. The van der Waals surface area contributed by atoms with Crippen molar-refractivity contribution in [1.29, 1.82) is 0 Å². The zero-order valence-electron chi connectivity index (χ0n) is 19.6. The van der Waals surface area contributed by atoms with E-state index in [4.69, 9.17) is 5.10 Å². The van der Waals surface area contributed by atoms with E-state index in [0.29, 0.717) is 11.7 Å². The minimum Gasteiger partial charge on any atom is -0.311 e. The first-order valence-corrected chi connectivity index (χ1v) is 12.0. The zero-order valence-corrected chi connectivity index (χ0v) is 19.6. The lowest BCUT2D eigenvalue weighted by molar-refractivity contribution is -0.114. The molecule has 0 bridgehead atoms. The first-order chi connectivity index (χ1) is 17.2. The van der Waals surface area contributed by atoms with Crippen LogP contribution < -0.4 is 5.32 Å². The second-order valence-electron chi connectivity index (χ2n) is 9.15. The molecule has 0 atom stereocenters. The molecule has 1 aliphatic rings. The molecule has 5 aromatic rings. The maximum absolute atomic E-state index is 11.8. The summed E-state index contributed by atoms with van der Waals surface area (Å²) in [6.45, 7) is 1.50. The van der Waals surface area contributed by atoms with Gasteiger partial charge >= 0.3 is 0 Å². The van der Waals surface area contributed by atoms with Crippen LogP contribution in [-0.4, -0.2) is 20.7 Å². The number of carbonyl (C=O) groups excluding carboxylic acids is 1. The van der Waals surface area contributed by atoms with Crippen LogP contribution in [0.2, 0.25) is 0 Å². The van der Waals surface area contributed by atoms with E-state index >= 15 is 0 Å². The van der Waals surface area contributed by atoms with E-state index in [2.05, 4.69) is 87.8 Å². The highest BCUT2D eigenvalue weighted by atomic mass is 16.1. The molecule has 6 rings (SSSR count). The van der Waals surface area contributed by atoms with Gasteiger partial charge in [-0.3, -0.25) is 4.79 Å². The number of nitrogens with zero attached hydrogens (tertiary/aromatic N) is 3. The Bertz CT molecular complexity index is 1390. The van der Waals surface area contributed by atoms with Gasteiger partial charge in [0.1, 0.15) is 11.4 Å². The fourth-order valence-electron chi connectivity index (χ4n) is 5.10. The molecule has 1 aliphatic carbocycles. The lowest BCUT2D eigenvalue weighted by Crippen LogP contribution is -2.38.